The lowest BCUT2D eigenvalue weighted by Gasteiger charge is -2.07. The number of nitrogens with one attached hydrogen (secondary N) is 2. The normalized spacial score (nSPS) is 10.8. The lowest BCUT2D eigenvalue weighted by molar-refractivity contribution is -0.129. The van der Waals surface area contributed by atoms with E-state index in [1.165, 1.54) is 12.3 Å². The second-order valence-corrected chi connectivity index (χ2v) is 5.33. The van der Waals surface area contributed by atoms with E-state index in [1.807, 2.05) is 20.8 Å². The maximum Gasteiger partial charge on any atom is 0.249 e. The van der Waals surface area contributed by atoms with Crippen LogP contribution in [0.4, 0.5) is 0 Å². The molecule has 0 saturated heterocycles. The van der Waals surface area contributed by atoms with Crippen LogP contribution in [0.1, 0.15) is 32.8 Å². The number of phenolic OH excluding ortho intramolecular Hbond substituents is 1. The van der Waals surface area contributed by atoms with Crippen molar-refractivity contribution in [3.8, 4) is 11.5 Å². The topological polar surface area (TPSA) is 100 Å². The zero-order valence-electron chi connectivity index (χ0n) is 13.6. The highest BCUT2D eigenvalue weighted by Crippen LogP contribution is 2.26. The fourth-order valence-electron chi connectivity index (χ4n) is 1.63. The lowest BCUT2D eigenvalue weighted by atomic mass is 10.2. The minimum absolute atomic E-state index is 0.0369. The fourth-order valence-corrected chi connectivity index (χ4v) is 1.63. The number of hydrazone groups is 1. The molecule has 0 heterocycles. The number of hydrogen-bond acceptors (Lipinski definition) is 5. The second-order valence-electron chi connectivity index (χ2n) is 5.33. The van der Waals surface area contributed by atoms with E-state index in [4.69, 9.17) is 4.74 Å². The molecule has 3 N–H and O–H groups in total. The Labute approximate surface area is 135 Å². The number of rotatable bonds is 8. The van der Waals surface area contributed by atoms with Crippen molar-refractivity contribution in [2.24, 2.45) is 11.0 Å². The molecule has 1 rings (SSSR count). The molecule has 0 saturated carbocycles. The zero-order chi connectivity index (χ0) is 17.2. The molecule has 1 aromatic rings. The van der Waals surface area contributed by atoms with Gasteiger partial charge in [-0.2, -0.15) is 5.10 Å². The Balaban J connectivity index is 2.47. The van der Waals surface area contributed by atoms with Gasteiger partial charge in [0, 0.05) is 6.54 Å². The standard InChI is InChI=1S/C16H23N3O4/c1-4-23-14-7-12(5-6-13(14)20)10-18-19-16(22)8-15(21)17-9-11(2)3/h5-7,10-11,20H,4,8-9H2,1-3H3,(H,17,21)(H,19,22)/b18-10-. The number of hydrogen-bond donors (Lipinski definition) is 3. The molecule has 7 nitrogen and oxygen atoms in total. The number of benzene rings is 1. The second kappa shape index (κ2) is 9.45. The Morgan fingerprint density at radius 1 is 1.35 bits per heavy atom. The highest BCUT2D eigenvalue weighted by Gasteiger charge is 2.08. The van der Waals surface area contributed by atoms with Gasteiger partial charge in [-0.25, -0.2) is 5.43 Å². The van der Waals surface area contributed by atoms with Crippen LogP contribution < -0.4 is 15.5 Å². The van der Waals surface area contributed by atoms with Crippen LogP contribution >= 0.6 is 0 Å². The molecular formula is C16H23N3O4. The molecule has 0 radical (unpaired) electrons. The van der Waals surface area contributed by atoms with Crippen molar-refractivity contribution in [2.45, 2.75) is 27.2 Å². The van der Waals surface area contributed by atoms with Gasteiger partial charge in [-0.05, 0) is 36.6 Å². The van der Waals surface area contributed by atoms with E-state index < -0.39 is 5.91 Å². The van der Waals surface area contributed by atoms with Gasteiger partial charge in [-0.15, -0.1) is 0 Å². The lowest BCUT2D eigenvalue weighted by Crippen LogP contribution is -2.32. The first-order valence-electron chi connectivity index (χ1n) is 7.46. The first-order chi connectivity index (χ1) is 10.9. The predicted octanol–water partition coefficient (Wildman–Crippen LogP) is 1.40. The van der Waals surface area contributed by atoms with Crippen LogP contribution in [0, 0.1) is 5.92 Å². The molecule has 0 aromatic heterocycles. The van der Waals surface area contributed by atoms with E-state index in [-0.39, 0.29) is 18.1 Å². The average Bonchev–Trinajstić information content (AvgIpc) is 2.48. The van der Waals surface area contributed by atoms with Gasteiger partial charge in [0.1, 0.15) is 6.42 Å². The maximum atomic E-state index is 11.6. The van der Waals surface area contributed by atoms with Gasteiger partial charge in [-0.3, -0.25) is 9.59 Å². The Kier molecular flexibility index (Phi) is 7.59. The molecule has 0 aliphatic carbocycles. The Morgan fingerprint density at radius 2 is 2.09 bits per heavy atom. The van der Waals surface area contributed by atoms with Crippen LogP contribution in [0.5, 0.6) is 11.5 Å². The first-order valence-corrected chi connectivity index (χ1v) is 7.46. The monoisotopic (exact) mass is 321 g/mol. The van der Waals surface area contributed by atoms with E-state index in [1.54, 1.807) is 12.1 Å². The van der Waals surface area contributed by atoms with Gasteiger partial charge >= 0.3 is 0 Å². The van der Waals surface area contributed by atoms with Crippen molar-refractivity contribution in [1.29, 1.82) is 0 Å². The third kappa shape index (κ3) is 7.30. The summed E-state index contributed by atoms with van der Waals surface area (Å²) in [6.45, 7) is 6.71. The third-order valence-electron chi connectivity index (χ3n) is 2.72. The first kappa shape index (κ1) is 18.5. The van der Waals surface area contributed by atoms with Gasteiger partial charge in [0.05, 0.1) is 12.8 Å². The molecule has 0 unspecified atom stereocenters. The molecule has 0 spiro atoms. The largest absolute Gasteiger partial charge is 0.504 e. The van der Waals surface area contributed by atoms with Crippen LogP contribution in [-0.4, -0.2) is 36.3 Å². The molecule has 2 amide bonds. The molecule has 7 heteroatoms. The summed E-state index contributed by atoms with van der Waals surface area (Å²) in [6.07, 6.45) is 1.13. The van der Waals surface area contributed by atoms with E-state index in [2.05, 4.69) is 15.8 Å². The van der Waals surface area contributed by atoms with Crippen molar-refractivity contribution in [1.82, 2.24) is 10.7 Å². The quantitative estimate of drug-likeness (QED) is 0.383. The molecule has 1 aromatic carbocycles. The Morgan fingerprint density at radius 3 is 2.74 bits per heavy atom. The van der Waals surface area contributed by atoms with Gasteiger partial charge in [-0.1, -0.05) is 13.8 Å². The van der Waals surface area contributed by atoms with E-state index in [0.717, 1.165) is 0 Å². The van der Waals surface area contributed by atoms with Crippen LogP contribution in [0.15, 0.2) is 23.3 Å². The van der Waals surface area contributed by atoms with Crippen LogP contribution in [0.25, 0.3) is 0 Å². The van der Waals surface area contributed by atoms with Crippen molar-refractivity contribution < 1.29 is 19.4 Å². The summed E-state index contributed by atoms with van der Waals surface area (Å²) in [5.74, 6) is -0.124. The summed E-state index contributed by atoms with van der Waals surface area (Å²) in [7, 11) is 0. The maximum absolute atomic E-state index is 11.6. The number of ether oxygens (including phenoxy) is 1. The number of aromatic hydroxyl groups is 1. The Hall–Kier alpha value is -2.57. The predicted molar refractivity (Wildman–Crippen MR) is 87.5 cm³/mol. The number of phenols is 1. The molecule has 0 aliphatic rings. The van der Waals surface area contributed by atoms with Crippen molar-refractivity contribution >= 4 is 18.0 Å². The summed E-state index contributed by atoms with van der Waals surface area (Å²) >= 11 is 0. The molecule has 0 fully saturated rings. The summed E-state index contributed by atoms with van der Waals surface area (Å²) in [5.41, 5.74) is 2.93. The molecule has 0 bridgehead atoms. The van der Waals surface area contributed by atoms with E-state index >= 15 is 0 Å². The van der Waals surface area contributed by atoms with E-state index in [0.29, 0.717) is 30.4 Å². The van der Waals surface area contributed by atoms with Gasteiger partial charge in [0.2, 0.25) is 11.8 Å². The Bertz CT molecular complexity index is 570. The molecule has 0 atom stereocenters. The van der Waals surface area contributed by atoms with Gasteiger partial charge in [0.25, 0.3) is 0 Å². The summed E-state index contributed by atoms with van der Waals surface area (Å²) < 4.78 is 5.25. The van der Waals surface area contributed by atoms with Crippen molar-refractivity contribution in [2.75, 3.05) is 13.2 Å². The number of carbonyl (C=O) groups excluding carboxylic acids is 2. The van der Waals surface area contributed by atoms with Gasteiger partial charge in [0.15, 0.2) is 11.5 Å². The van der Waals surface area contributed by atoms with Crippen molar-refractivity contribution in [3.05, 3.63) is 23.8 Å². The van der Waals surface area contributed by atoms with Crippen LogP contribution in [0.2, 0.25) is 0 Å². The summed E-state index contributed by atoms with van der Waals surface area (Å²) in [6, 6.07) is 4.71. The molecular weight excluding hydrogens is 298 g/mol. The van der Waals surface area contributed by atoms with E-state index in [9.17, 15) is 14.7 Å². The average molecular weight is 321 g/mol. The SMILES string of the molecule is CCOc1cc(/C=N\NC(=O)CC(=O)NCC(C)C)ccc1O. The van der Waals surface area contributed by atoms with Gasteiger partial charge < -0.3 is 15.2 Å². The van der Waals surface area contributed by atoms with Crippen molar-refractivity contribution in [3.63, 3.8) is 0 Å². The molecule has 0 aliphatic heterocycles. The van der Waals surface area contributed by atoms with Crippen LogP contribution in [-0.2, 0) is 9.59 Å². The molecule has 23 heavy (non-hydrogen) atoms. The number of carbonyl (C=O) groups is 2. The minimum atomic E-state index is -0.494. The number of nitrogens with zero attached hydrogens (tertiary/aromatic N) is 1. The smallest absolute Gasteiger partial charge is 0.249 e. The highest BCUT2D eigenvalue weighted by molar-refractivity contribution is 5.97. The molecule has 126 valence electrons. The summed E-state index contributed by atoms with van der Waals surface area (Å²) in [4.78, 5) is 23.0. The van der Waals surface area contributed by atoms with Crippen LogP contribution in [0.3, 0.4) is 0 Å². The third-order valence-corrected chi connectivity index (χ3v) is 2.72. The minimum Gasteiger partial charge on any atom is -0.504 e. The number of amides is 2. The zero-order valence-corrected chi connectivity index (χ0v) is 13.6. The summed E-state index contributed by atoms with van der Waals surface area (Å²) in [5, 5.41) is 16.0. The highest BCUT2D eigenvalue weighted by atomic mass is 16.5. The fraction of sp³-hybridized carbons (Fsp3) is 0.438.